The number of aliphatic hydroxyl groups excluding tert-OH is 1. The fourth-order valence-corrected chi connectivity index (χ4v) is 2.01. The summed E-state index contributed by atoms with van der Waals surface area (Å²) in [6, 6.07) is 3.79. The molecule has 78 valence electrons. The molecule has 0 aromatic carbocycles. The fraction of sp³-hybridized carbons (Fsp3) is 0.500. The molecule has 1 aromatic rings. The van der Waals surface area contributed by atoms with Gasteiger partial charge >= 0.3 is 0 Å². The van der Waals surface area contributed by atoms with Gasteiger partial charge in [-0.3, -0.25) is 0 Å². The largest absolute Gasteiger partial charge is 0.392 e. The van der Waals surface area contributed by atoms with E-state index < -0.39 is 0 Å². The number of halogens is 1. The molecule has 0 aliphatic rings. The van der Waals surface area contributed by atoms with Crippen molar-refractivity contribution in [2.45, 2.75) is 31.0 Å². The van der Waals surface area contributed by atoms with Gasteiger partial charge in [0.1, 0.15) is 5.15 Å². The Morgan fingerprint density at radius 2 is 2.29 bits per heavy atom. The number of nitrogens with zero attached hydrogens (tertiary/aromatic N) is 1. The van der Waals surface area contributed by atoms with E-state index in [4.69, 9.17) is 11.6 Å². The summed E-state index contributed by atoms with van der Waals surface area (Å²) in [5, 5.41) is 10.1. The number of hydrogen-bond acceptors (Lipinski definition) is 3. The molecule has 4 heteroatoms. The highest BCUT2D eigenvalue weighted by Crippen LogP contribution is 2.20. The second-order valence-corrected chi connectivity index (χ2v) is 5.00. The molecule has 1 N–H and O–H groups in total. The lowest BCUT2D eigenvalue weighted by Gasteiger charge is -2.13. The van der Waals surface area contributed by atoms with Crippen molar-refractivity contribution in [1.29, 1.82) is 0 Å². The molecule has 1 rings (SSSR count). The van der Waals surface area contributed by atoms with Crippen LogP contribution in [0.3, 0.4) is 0 Å². The minimum atomic E-state index is -0.280. The number of hydrogen-bond donors (Lipinski definition) is 1. The van der Waals surface area contributed by atoms with Crippen molar-refractivity contribution in [1.82, 2.24) is 4.98 Å². The van der Waals surface area contributed by atoms with Gasteiger partial charge in [0.05, 0.1) is 6.10 Å². The van der Waals surface area contributed by atoms with Crippen molar-refractivity contribution in [3.63, 3.8) is 0 Å². The molecule has 14 heavy (non-hydrogen) atoms. The summed E-state index contributed by atoms with van der Waals surface area (Å²) in [7, 11) is 0. The van der Waals surface area contributed by atoms with Crippen molar-refractivity contribution in [3.8, 4) is 0 Å². The van der Waals surface area contributed by atoms with Crippen LogP contribution in [0, 0.1) is 0 Å². The van der Waals surface area contributed by atoms with Gasteiger partial charge in [-0.25, -0.2) is 4.98 Å². The van der Waals surface area contributed by atoms with E-state index >= 15 is 0 Å². The molecule has 0 radical (unpaired) electrons. The Morgan fingerprint density at radius 1 is 1.57 bits per heavy atom. The Balaban J connectivity index is 2.45. The zero-order chi connectivity index (χ0) is 10.6. The molecule has 0 spiro atoms. The highest BCUT2D eigenvalue weighted by atomic mass is 35.5. The SMILES string of the molecule is CC(O)C(C)SCc1ccnc(Cl)c1. The molecular weight excluding hydrogens is 218 g/mol. The Hall–Kier alpha value is -0.250. The van der Waals surface area contributed by atoms with Gasteiger partial charge in [-0.2, -0.15) is 11.8 Å². The molecule has 2 unspecified atom stereocenters. The third kappa shape index (κ3) is 3.86. The summed E-state index contributed by atoms with van der Waals surface area (Å²) in [6.07, 6.45) is 1.42. The summed E-state index contributed by atoms with van der Waals surface area (Å²) < 4.78 is 0. The zero-order valence-electron chi connectivity index (χ0n) is 8.27. The third-order valence-electron chi connectivity index (χ3n) is 1.98. The van der Waals surface area contributed by atoms with E-state index in [2.05, 4.69) is 4.98 Å². The first-order chi connectivity index (χ1) is 6.59. The maximum Gasteiger partial charge on any atom is 0.129 e. The molecule has 0 amide bonds. The van der Waals surface area contributed by atoms with Crippen LogP contribution in [0.25, 0.3) is 0 Å². The maximum atomic E-state index is 9.29. The van der Waals surface area contributed by atoms with Gasteiger partial charge in [0, 0.05) is 17.2 Å². The van der Waals surface area contributed by atoms with E-state index in [-0.39, 0.29) is 11.4 Å². The number of aromatic nitrogens is 1. The Kier molecular flexibility index (Phi) is 4.72. The van der Waals surface area contributed by atoms with Crippen LogP contribution in [-0.4, -0.2) is 21.4 Å². The average molecular weight is 232 g/mol. The predicted molar refractivity (Wildman–Crippen MR) is 61.7 cm³/mol. The summed E-state index contributed by atoms with van der Waals surface area (Å²) >= 11 is 7.46. The summed E-state index contributed by atoms with van der Waals surface area (Å²) in [6.45, 7) is 3.81. The van der Waals surface area contributed by atoms with Crippen molar-refractivity contribution >= 4 is 23.4 Å². The Labute approximate surface area is 93.7 Å². The van der Waals surface area contributed by atoms with Gasteiger partial charge in [-0.15, -0.1) is 0 Å². The standard InChI is InChI=1S/C10H14ClNOS/c1-7(13)8(2)14-6-9-3-4-12-10(11)5-9/h3-5,7-8,13H,6H2,1-2H3. The monoisotopic (exact) mass is 231 g/mol. The fourth-order valence-electron chi connectivity index (χ4n) is 0.899. The summed E-state index contributed by atoms with van der Waals surface area (Å²) in [5.74, 6) is 0.855. The van der Waals surface area contributed by atoms with Crippen LogP contribution in [-0.2, 0) is 5.75 Å². The van der Waals surface area contributed by atoms with Gasteiger partial charge in [0.2, 0.25) is 0 Å². The molecular formula is C10H14ClNOS. The van der Waals surface area contributed by atoms with Gasteiger partial charge in [-0.05, 0) is 24.6 Å². The molecule has 1 aromatic heterocycles. The molecule has 0 saturated heterocycles. The van der Waals surface area contributed by atoms with Crippen LogP contribution in [0.4, 0.5) is 0 Å². The Bertz CT molecular complexity index is 293. The maximum absolute atomic E-state index is 9.29. The van der Waals surface area contributed by atoms with Crippen LogP contribution in [0.15, 0.2) is 18.3 Å². The van der Waals surface area contributed by atoms with Crippen molar-refractivity contribution < 1.29 is 5.11 Å². The van der Waals surface area contributed by atoms with E-state index in [1.807, 2.05) is 19.1 Å². The molecule has 0 bridgehead atoms. The lowest BCUT2D eigenvalue weighted by Crippen LogP contribution is -2.15. The first-order valence-corrected chi connectivity index (χ1v) is 5.92. The van der Waals surface area contributed by atoms with Gasteiger partial charge in [-0.1, -0.05) is 18.5 Å². The number of rotatable bonds is 4. The Morgan fingerprint density at radius 3 is 2.86 bits per heavy atom. The van der Waals surface area contributed by atoms with Gasteiger partial charge in [0.15, 0.2) is 0 Å². The zero-order valence-corrected chi connectivity index (χ0v) is 9.85. The molecule has 2 atom stereocenters. The molecule has 0 aliphatic heterocycles. The van der Waals surface area contributed by atoms with E-state index in [1.165, 1.54) is 0 Å². The minimum Gasteiger partial charge on any atom is -0.392 e. The van der Waals surface area contributed by atoms with E-state index in [0.29, 0.717) is 5.15 Å². The molecule has 0 fully saturated rings. The van der Waals surface area contributed by atoms with Crippen LogP contribution < -0.4 is 0 Å². The first-order valence-electron chi connectivity index (χ1n) is 4.49. The van der Waals surface area contributed by atoms with Gasteiger partial charge in [0.25, 0.3) is 0 Å². The normalized spacial score (nSPS) is 15.1. The highest BCUT2D eigenvalue weighted by Gasteiger charge is 2.08. The lowest BCUT2D eigenvalue weighted by molar-refractivity contribution is 0.196. The lowest BCUT2D eigenvalue weighted by atomic mass is 10.3. The highest BCUT2D eigenvalue weighted by molar-refractivity contribution is 7.99. The van der Waals surface area contributed by atoms with Crippen molar-refractivity contribution in [3.05, 3.63) is 29.0 Å². The van der Waals surface area contributed by atoms with E-state index in [0.717, 1.165) is 11.3 Å². The number of thioether (sulfide) groups is 1. The topological polar surface area (TPSA) is 33.1 Å². The average Bonchev–Trinajstić information content (AvgIpc) is 2.14. The quantitative estimate of drug-likeness (QED) is 0.809. The second kappa shape index (κ2) is 5.59. The van der Waals surface area contributed by atoms with Crippen molar-refractivity contribution in [2.24, 2.45) is 0 Å². The smallest absolute Gasteiger partial charge is 0.129 e. The van der Waals surface area contributed by atoms with Crippen LogP contribution in [0.5, 0.6) is 0 Å². The molecule has 2 nitrogen and oxygen atoms in total. The summed E-state index contributed by atoms with van der Waals surface area (Å²) in [4.78, 5) is 3.91. The van der Waals surface area contributed by atoms with Crippen LogP contribution in [0.2, 0.25) is 5.15 Å². The number of aliphatic hydroxyl groups is 1. The number of pyridine rings is 1. The predicted octanol–water partition coefficient (Wildman–Crippen LogP) is 2.74. The molecule has 1 heterocycles. The molecule has 0 aliphatic carbocycles. The van der Waals surface area contributed by atoms with Crippen LogP contribution in [0.1, 0.15) is 19.4 Å². The van der Waals surface area contributed by atoms with E-state index in [1.54, 1.807) is 24.9 Å². The van der Waals surface area contributed by atoms with E-state index in [9.17, 15) is 5.11 Å². The molecule has 0 saturated carbocycles. The minimum absolute atomic E-state index is 0.238. The first kappa shape index (κ1) is 11.8. The second-order valence-electron chi connectivity index (χ2n) is 3.24. The van der Waals surface area contributed by atoms with Gasteiger partial charge < -0.3 is 5.11 Å². The summed E-state index contributed by atoms with van der Waals surface area (Å²) in [5.41, 5.74) is 1.14. The van der Waals surface area contributed by atoms with Crippen LogP contribution >= 0.6 is 23.4 Å². The third-order valence-corrected chi connectivity index (χ3v) is 3.61. The van der Waals surface area contributed by atoms with Crippen molar-refractivity contribution in [2.75, 3.05) is 0 Å².